The molecule has 0 atom stereocenters. The largest absolute Gasteiger partial charge is 0.353 e. The van der Waals surface area contributed by atoms with Gasteiger partial charge in [0.15, 0.2) is 0 Å². The average molecular weight is 378 g/mol. The van der Waals surface area contributed by atoms with E-state index in [1.165, 1.54) is 12.8 Å². The molecule has 6 heteroatoms. The molecule has 2 heterocycles. The lowest BCUT2D eigenvalue weighted by Crippen LogP contribution is -2.49. The topological polar surface area (TPSA) is 65.5 Å². The smallest absolute Gasteiger partial charge is 0.253 e. The highest BCUT2D eigenvalue weighted by molar-refractivity contribution is 5.99. The highest BCUT2D eigenvalue weighted by Crippen LogP contribution is 2.19. The molecule has 4 rings (SSSR count). The summed E-state index contributed by atoms with van der Waals surface area (Å²) >= 11 is 0. The van der Waals surface area contributed by atoms with E-state index >= 15 is 0 Å². The van der Waals surface area contributed by atoms with E-state index in [1.807, 2.05) is 23.1 Å². The number of carbonyl (C=O) groups excluding carboxylic acids is 2. The molecule has 146 valence electrons. The number of nitrogens with one attached hydrogen (secondary N) is 1. The first kappa shape index (κ1) is 18.5. The van der Waals surface area contributed by atoms with Crippen molar-refractivity contribution in [1.29, 1.82) is 0 Å². The minimum atomic E-state index is -0.0819. The van der Waals surface area contributed by atoms with Crippen molar-refractivity contribution in [2.45, 2.75) is 31.7 Å². The van der Waals surface area contributed by atoms with Crippen LogP contribution in [0.4, 0.5) is 5.82 Å². The fraction of sp³-hybridized carbons (Fsp3) is 0.409. The lowest BCUT2D eigenvalue weighted by atomic mass is 10.1. The SMILES string of the molecule is O=C(NC1CCCC1)c1cccc(C(=O)N2CCN(c3ccccn3)CC2)c1. The van der Waals surface area contributed by atoms with E-state index in [0.29, 0.717) is 24.2 Å². The van der Waals surface area contributed by atoms with Crippen LogP contribution < -0.4 is 10.2 Å². The molecule has 2 aromatic rings. The molecule has 1 N–H and O–H groups in total. The minimum absolute atomic E-state index is 0.0174. The molecule has 0 bridgehead atoms. The second kappa shape index (κ2) is 8.42. The highest BCUT2D eigenvalue weighted by Gasteiger charge is 2.24. The number of carbonyl (C=O) groups is 2. The summed E-state index contributed by atoms with van der Waals surface area (Å²) in [6.07, 6.45) is 6.23. The summed E-state index contributed by atoms with van der Waals surface area (Å²) in [6.45, 7) is 2.80. The van der Waals surface area contributed by atoms with Crippen LogP contribution in [0.2, 0.25) is 0 Å². The van der Waals surface area contributed by atoms with E-state index in [-0.39, 0.29) is 17.9 Å². The maximum absolute atomic E-state index is 12.9. The molecule has 6 nitrogen and oxygen atoms in total. The number of hydrogen-bond donors (Lipinski definition) is 1. The van der Waals surface area contributed by atoms with Crippen molar-refractivity contribution < 1.29 is 9.59 Å². The molecule has 1 saturated carbocycles. The number of pyridine rings is 1. The van der Waals surface area contributed by atoms with Gasteiger partial charge in [0.1, 0.15) is 5.82 Å². The monoisotopic (exact) mass is 378 g/mol. The molecule has 2 amide bonds. The molecule has 0 spiro atoms. The van der Waals surface area contributed by atoms with E-state index in [0.717, 1.165) is 31.7 Å². The number of piperazine rings is 1. The van der Waals surface area contributed by atoms with Crippen molar-refractivity contribution in [2.24, 2.45) is 0 Å². The van der Waals surface area contributed by atoms with Gasteiger partial charge in [0, 0.05) is 49.5 Å². The molecule has 28 heavy (non-hydrogen) atoms. The lowest BCUT2D eigenvalue weighted by Gasteiger charge is -2.35. The van der Waals surface area contributed by atoms with Crippen molar-refractivity contribution >= 4 is 17.6 Å². The van der Waals surface area contributed by atoms with Crippen LogP contribution in [0.1, 0.15) is 46.4 Å². The molecule has 1 saturated heterocycles. The van der Waals surface area contributed by atoms with Gasteiger partial charge in [-0.05, 0) is 43.2 Å². The molecule has 2 aliphatic rings. The molecule has 1 aromatic heterocycles. The van der Waals surface area contributed by atoms with Gasteiger partial charge in [-0.25, -0.2) is 4.98 Å². The third-order valence-electron chi connectivity index (χ3n) is 5.60. The number of nitrogens with zero attached hydrogens (tertiary/aromatic N) is 3. The normalized spacial score (nSPS) is 17.6. The molecule has 0 unspecified atom stereocenters. The average Bonchev–Trinajstić information content (AvgIpc) is 3.27. The molecular formula is C22H26N4O2. The Balaban J connectivity index is 1.38. The third-order valence-corrected chi connectivity index (χ3v) is 5.60. The first-order valence-corrected chi connectivity index (χ1v) is 10.1. The van der Waals surface area contributed by atoms with Gasteiger partial charge in [-0.15, -0.1) is 0 Å². The van der Waals surface area contributed by atoms with Crippen LogP contribution in [-0.2, 0) is 0 Å². The number of amides is 2. The number of hydrogen-bond acceptors (Lipinski definition) is 4. The second-order valence-electron chi connectivity index (χ2n) is 7.50. The zero-order valence-corrected chi connectivity index (χ0v) is 16.0. The van der Waals surface area contributed by atoms with E-state index < -0.39 is 0 Å². The number of aromatic nitrogens is 1. The van der Waals surface area contributed by atoms with Crippen molar-refractivity contribution in [3.63, 3.8) is 0 Å². The predicted molar refractivity (Wildman–Crippen MR) is 109 cm³/mol. The van der Waals surface area contributed by atoms with Crippen molar-refractivity contribution in [3.05, 3.63) is 59.8 Å². The molecular weight excluding hydrogens is 352 g/mol. The number of anilines is 1. The van der Waals surface area contributed by atoms with E-state index in [4.69, 9.17) is 0 Å². The first-order valence-electron chi connectivity index (χ1n) is 10.1. The predicted octanol–water partition coefficient (Wildman–Crippen LogP) is 2.72. The summed E-state index contributed by atoms with van der Waals surface area (Å²) < 4.78 is 0. The van der Waals surface area contributed by atoms with Crippen molar-refractivity contribution in [2.75, 3.05) is 31.1 Å². The van der Waals surface area contributed by atoms with Gasteiger partial charge >= 0.3 is 0 Å². The summed E-state index contributed by atoms with van der Waals surface area (Å²) in [4.78, 5) is 33.9. The molecule has 1 aliphatic heterocycles. The third kappa shape index (κ3) is 4.16. The Morgan fingerprint density at radius 1 is 0.929 bits per heavy atom. The fourth-order valence-electron chi connectivity index (χ4n) is 3.99. The summed E-state index contributed by atoms with van der Waals surface area (Å²) in [5.74, 6) is 0.845. The quantitative estimate of drug-likeness (QED) is 0.888. The van der Waals surface area contributed by atoms with Gasteiger partial charge in [0.25, 0.3) is 11.8 Å². The summed E-state index contributed by atoms with van der Waals surface area (Å²) in [5.41, 5.74) is 1.13. The minimum Gasteiger partial charge on any atom is -0.353 e. The first-order chi connectivity index (χ1) is 13.7. The summed E-state index contributed by atoms with van der Waals surface area (Å²) in [7, 11) is 0. The number of rotatable bonds is 4. The van der Waals surface area contributed by atoms with E-state index in [2.05, 4.69) is 15.2 Å². The van der Waals surface area contributed by atoms with Gasteiger partial charge < -0.3 is 15.1 Å². The fourth-order valence-corrected chi connectivity index (χ4v) is 3.99. The van der Waals surface area contributed by atoms with E-state index in [9.17, 15) is 9.59 Å². The van der Waals surface area contributed by atoms with Gasteiger partial charge in [-0.2, -0.15) is 0 Å². The van der Waals surface area contributed by atoms with Crippen LogP contribution in [0.15, 0.2) is 48.7 Å². The van der Waals surface area contributed by atoms with Gasteiger partial charge in [-0.3, -0.25) is 9.59 Å². The second-order valence-corrected chi connectivity index (χ2v) is 7.50. The lowest BCUT2D eigenvalue weighted by molar-refractivity contribution is 0.0746. The van der Waals surface area contributed by atoms with Crippen LogP contribution in [-0.4, -0.2) is 53.9 Å². The maximum atomic E-state index is 12.9. The zero-order chi connectivity index (χ0) is 19.3. The zero-order valence-electron chi connectivity index (χ0n) is 16.0. The maximum Gasteiger partial charge on any atom is 0.253 e. The Bertz CT molecular complexity index is 825. The van der Waals surface area contributed by atoms with Crippen LogP contribution in [0, 0.1) is 0 Å². The number of benzene rings is 1. The Morgan fingerprint density at radius 2 is 1.68 bits per heavy atom. The Hall–Kier alpha value is -2.89. The molecule has 2 fully saturated rings. The summed E-state index contributed by atoms with van der Waals surface area (Å²) in [5, 5.41) is 3.09. The van der Waals surface area contributed by atoms with Crippen LogP contribution in [0.5, 0.6) is 0 Å². The van der Waals surface area contributed by atoms with E-state index in [1.54, 1.807) is 30.5 Å². The highest BCUT2D eigenvalue weighted by atomic mass is 16.2. The van der Waals surface area contributed by atoms with Crippen molar-refractivity contribution in [1.82, 2.24) is 15.2 Å². The summed E-state index contributed by atoms with van der Waals surface area (Å²) in [6, 6.07) is 13.2. The molecule has 1 aliphatic carbocycles. The van der Waals surface area contributed by atoms with Gasteiger partial charge in [0.05, 0.1) is 0 Å². The Labute approximate surface area is 165 Å². The van der Waals surface area contributed by atoms with Gasteiger partial charge in [-0.1, -0.05) is 25.0 Å². The van der Waals surface area contributed by atoms with Crippen LogP contribution in [0.25, 0.3) is 0 Å². The standard InChI is InChI=1S/C22H26N4O2/c27-21(24-19-8-1-2-9-19)17-6-5-7-18(16-17)22(28)26-14-12-25(13-15-26)20-10-3-4-11-23-20/h3-7,10-11,16,19H,1-2,8-9,12-15H2,(H,24,27). The molecule has 1 aromatic carbocycles. The van der Waals surface area contributed by atoms with Gasteiger partial charge in [0.2, 0.25) is 0 Å². The van der Waals surface area contributed by atoms with Crippen molar-refractivity contribution in [3.8, 4) is 0 Å². The molecule has 0 radical (unpaired) electrons. The van der Waals surface area contributed by atoms with Crippen LogP contribution >= 0.6 is 0 Å². The van der Waals surface area contributed by atoms with Crippen LogP contribution in [0.3, 0.4) is 0 Å². The Morgan fingerprint density at radius 3 is 2.39 bits per heavy atom. The Kier molecular flexibility index (Phi) is 5.55.